The molecule has 0 radical (unpaired) electrons. The van der Waals surface area contributed by atoms with Gasteiger partial charge in [0.05, 0.1) is 19.6 Å². The molecule has 0 unspecified atom stereocenters. The van der Waals surface area contributed by atoms with E-state index in [1.807, 2.05) is 0 Å². The molecule has 3 rings (SSSR count). The molecule has 3 aliphatic rings. The molecule has 0 saturated carbocycles. The van der Waals surface area contributed by atoms with E-state index in [-0.39, 0.29) is 76.0 Å². The minimum absolute atomic E-state index is 0.0442. The zero-order chi connectivity index (χ0) is 44.0. The smallest absolute Gasteiger partial charge is 0.305 e. The van der Waals surface area contributed by atoms with Gasteiger partial charge in [-0.05, 0) is 63.2 Å². The van der Waals surface area contributed by atoms with Crippen LogP contribution in [0.3, 0.4) is 0 Å². The zero-order valence-corrected chi connectivity index (χ0v) is 34.2. The number of fused-ring (bicyclic) bond motifs is 2. The predicted molar refractivity (Wildman–Crippen MR) is 210 cm³/mol. The number of guanidine groups is 1. The third-order valence-electron chi connectivity index (χ3n) is 10.2. The number of carbonyl (C=O) groups is 9. The lowest BCUT2D eigenvalue weighted by Gasteiger charge is -2.34. The van der Waals surface area contributed by atoms with Crippen LogP contribution in [0, 0.1) is 11.8 Å². The Hall–Kier alpha value is -5.54. The van der Waals surface area contributed by atoms with Crippen LogP contribution < -0.4 is 43.4 Å². The molecule has 0 aromatic heterocycles. The van der Waals surface area contributed by atoms with Crippen molar-refractivity contribution < 1.29 is 53.4 Å². The van der Waals surface area contributed by atoms with E-state index in [4.69, 9.17) is 11.5 Å². The first-order valence-corrected chi connectivity index (χ1v) is 20.1. The highest BCUT2D eigenvalue weighted by molar-refractivity contribution is 5.99. The molecule has 12 N–H and O–H groups in total. The average molecular weight is 836 g/mol. The molecule has 0 spiro atoms. The largest absolute Gasteiger partial charge is 0.481 e. The molecule has 59 heavy (non-hydrogen) atoms. The molecule has 330 valence electrons. The number of nitrogens with zero attached hydrogens (tertiary/aromatic N) is 3. The number of hydrogen-bond acceptors (Lipinski definition) is 11. The summed E-state index contributed by atoms with van der Waals surface area (Å²) < 4.78 is 0. The second-order valence-electron chi connectivity index (χ2n) is 16.0. The molecule has 8 amide bonds. The van der Waals surface area contributed by atoms with Gasteiger partial charge in [0, 0.05) is 19.6 Å². The van der Waals surface area contributed by atoms with Crippen LogP contribution in [0.15, 0.2) is 4.99 Å². The molecule has 0 aromatic carbocycles. The van der Waals surface area contributed by atoms with Crippen molar-refractivity contribution in [3.8, 4) is 0 Å². The first kappa shape index (κ1) is 47.8. The topological polar surface area (TPSA) is 337 Å². The lowest BCUT2D eigenvalue weighted by molar-refractivity contribution is -0.148. The van der Waals surface area contributed by atoms with E-state index < -0.39 is 115 Å². The number of amides is 8. The number of aliphatic hydroxyl groups excluding tert-OH is 1. The standard InChI is InChI=1S/C37H61N11O11/c1-19(2)14-22-31(54)43-21(8-5-11-40-37(38)39)30(53)41-17-28(50)42-23(16-29(51)52)32(55)45-24(15-20(3)4)35(58)48-13-7-10-27(48)36(59)47-12-6-9-26(47)34(57)46-25(18-49)33(56)44-22/h19-27,49H,5-18H2,1-4H3,(H,41,53)(H,42,50)(H,43,54)(H,44,56)(H,45,55)(H,46,57)(H,51,52)(H4,38,39,40)/t21-,22-,23-,24-,25-,26-,27+/m0/s1. The summed E-state index contributed by atoms with van der Waals surface area (Å²) in [4.78, 5) is 128. The molecule has 3 aliphatic heterocycles. The van der Waals surface area contributed by atoms with E-state index in [1.54, 1.807) is 27.7 Å². The van der Waals surface area contributed by atoms with E-state index >= 15 is 0 Å². The Bertz CT molecular complexity index is 1600. The molecular formula is C37H61N11O11. The SMILES string of the molecule is CC(C)C[C@@H]1NC(=O)[C@H](CO)NC(=O)[C@@H]2CCCN2C(=O)[C@H]2CCCN2C(=O)[C@H](CC(C)C)NC(=O)[C@H](CC(=O)O)NC(=O)CNC(=O)[C@H](CCCN=C(N)N)NC1=O. The highest BCUT2D eigenvalue weighted by Gasteiger charge is 2.44. The Labute approximate surface area is 342 Å². The predicted octanol–water partition coefficient (Wildman–Crippen LogP) is -3.87. The maximum absolute atomic E-state index is 14.1. The van der Waals surface area contributed by atoms with Crippen LogP contribution in [-0.2, 0) is 43.2 Å². The fraction of sp³-hybridized carbons (Fsp3) is 0.730. The lowest BCUT2D eigenvalue weighted by atomic mass is 10.0. The molecule has 22 heteroatoms. The van der Waals surface area contributed by atoms with Crippen molar-refractivity contribution in [3.63, 3.8) is 0 Å². The van der Waals surface area contributed by atoms with Gasteiger partial charge in [-0.1, -0.05) is 27.7 Å². The van der Waals surface area contributed by atoms with Gasteiger partial charge in [-0.2, -0.15) is 0 Å². The van der Waals surface area contributed by atoms with Gasteiger partial charge in [-0.3, -0.25) is 48.1 Å². The van der Waals surface area contributed by atoms with Gasteiger partial charge in [0.2, 0.25) is 47.3 Å². The molecule has 7 atom stereocenters. The van der Waals surface area contributed by atoms with Gasteiger partial charge >= 0.3 is 5.97 Å². The second kappa shape index (κ2) is 22.6. The van der Waals surface area contributed by atoms with Gasteiger partial charge in [0.15, 0.2) is 5.96 Å². The number of carboxylic acids is 1. The number of nitrogens with two attached hydrogens (primary N) is 2. The molecule has 3 fully saturated rings. The third kappa shape index (κ3) is 14.4. The minimum atomic E-state index is -1.68. The number of aliphatic hydroxyl groups is 1. The summed E-state index contributed by atoms with van der Waals surface area (Å²) >= 11 is 0. The highest BCUT2D eigenvalue weighted by atomic mass is 16.4. The van der Waals surface area contributed by atoms with Gasteiger partial charge in [-0.15, -0.1) is 0 Å². The number of rotatable bonds is 11. The summed E-state index contributed by atoms with van der Waals surface area (Å²) in [6.07, 6.45) is 0.788. The molecule has 3 heterocycles. The van der Waals surface area contributed by atoms with Crippen molar-refractivity contribution in [1.82, 2.24) is 41.7 Å². The molecule has 22 nitrogen and oxygen atoms in total. The number of carbonyl (C=O) groups excluding carboxylic acids is 8. The van der Waals surface area contributed by atoms with Crippen molar-refractivity contribution in [3.05, 3.63) is 0 Å². The molecule has 0 aromatic rings. The van der Waals surface area contributed by atoms with Gasteiger partial charge in [0.25, 0.3) is 0 Å². The van der Waals surface area contributed by atoms with Crippen molar-refractivity contribution in [2.45, 2.75) is 128 Å². The Morgan fingerprint density at radius 2 is 1.22 bits per heavy atom. The molecule has 0 aliphatic carbocycles. The van der Waals surface area contributed by atoms with Crippen LogP contribution in [0.2, 0.25) is 0 Å². The third-order valence-corrected chi connectivity index (χ3v) is 10.2. The fourth-order valence-corrected chi connectivity index (χ4v) is 7.35. The van der Waals surface area contributed by atoms with E-state index in [1.165, 1.54) is 9.80 Å². The van der Waals surface area contributed by atoms with Gasteiger partial charge in [0.1, 0.15) is 42.3 Å². The van der Waals surface area contributed by atoms with Crippen molar-refractivity contribution in [2.75, 3.05) is 32.8 Å². The highest BCUT2D eigenvalue weighted by Crippen LogP contribution is 2.26. The first-order chi connectivity index (χ1) is 27.8. The summed E-state index contributed by atoms with van der Waals surface area (Å²) in [6, 6.07) is -9.04. The number of nitrogens with one attached hydrogen (secondary N) is 6. The second-order valence-corrected chi connectivity index (χ2v) is 16.0. The Morgan fingerprint density at radius 1 is 0.695 bits per heavy atom. The Balaban J connectivity index is 2.03. The van der Waals surface area contributed by atoms with Gasteiger partial charge < -0.3 is 63.4 Å². The summed E-state index contributed by atoms with van der Waals surface area (Å²) in [5.41, 5.74) is 10.8. The van der Waals surface area contributed by atoms with E-state index in [9.17, 15) is 53.4 Å². The molecular weight excluding hydrogens is 774 g/mol. The van der Waals surface area contributed by atoms with Crippen LogP contribution >= 0.6 is 0 Å². The average Bonchev–Trinajstić information content (AvgIpc) is 3.86. The zero-order valence-electron chi connectivity index (χ0n) is 34.2. The number of aliphatic imine (C=N–C) groups is 1. The molecule has 3 saturated heterocycles. The summed E-state index contributed by atoms with van der Waals surface area (Å²) in [7, 11) is 0. The van der Waals surface area contributed by atoms with E-state index in [0.717, 1.165) is 0 Å². The molecule has 0 bridgehead atoms. The summed E-state index contributed by atoms with van der Waals surface area (Å²) in [5, 5.41) is 34.7. The summed E-state index contributed by atoms with van der Waals surface area (Å²) in [5.74, 6) is -8.32. The van der Waals surface area contributed by atoms with E-state index in [2.05, 4.69) is 36.9 Å². The van der Waals surface area contributed by atoms with Crippen LogP contribution in [0.5, 0.6) is 0 Å². The monoisotopic (exact) mass is 835 g/mol. The van der Waals surface area contributed by atoms with Crippen LogP contribution in [0.1, 0.15) is 85.5 Å². The summed E-state index contributed by atoms with van der Waals surface area (Å²) in [6.45, 7) is 5.95. The quantitative estimate of drug-likeness (QED) is 0.0542. The van der Waals surface area contributed by atoms with Crippen molar-refractivity contribution >= 4 is 59.2 Å². The van der Waals surface area contributed by atoms with Gasteiger partial charge in [-0.25, -0.2) is 0 Å². The van der Waals surface area contributed by atoms with Crippen molar-refractivity contribution in [1.29, 1.82) is 0 Å². The number of carboxylic acid groups (broad SMARTS) is 1. The normalized spacial score (nSPS) is 27.1. The first-order valence-electron chi connectivity index (χ1n) is 20.1. The van der Waals surface area contributed by atoms with Crippen molar-refractivity contribution in [2.24, 2.45) is 28.3 Å². The van der Waals surface area contributed by atoms with Crippen LogP contribution in [0.25, 0.3) is 0 Å². The number of aliphatic carboxylic acids is 1. The van der Waals surface area contributed by atoms with E-state index in [0.29, 0.717) is 12.8 Å². The minimum Gasteiger partial charge on any atom is -0.481 e. The van der Waals surface area contributed by atoms with Crippen LogP contribution in [0.4, 0.5) is 0 Å². The number of hydrogen-bond donors (Lipinski definition) is 10. The Morgan fingerprint density at radius 3 is 1.81 bits per heavy atom. The fourth-order valence-electron chi connectivity index (χ4n) is 7.35. The lowest BCUT2D eigenvalue weighted by Crippen LogP contribution is -2.61. The maximum Gasteiger partial charge on any atom is 0.305 e. The maximum atomic E-state index is 14.1. The van der Waals surface area contributed by atoms with Crippen LogP contribution in [-0.4, -0.2) is 154 Å². The Kier molecular flexibility index (Phi) is 18.3.